The van der Waals surface area contributed by atoms with Crippen LogP contribution >= 0.6 is 0 Å². The number of ether oxygens (including phenoxy) is 1. The molecule has 1 atom stereocenters. The van der Waals surface area contributed by atoms with Gasteiger partial charge in [0.15, 0.2) is 0 Å². The van der Waals surface area contributed by atoms with E-state index in [4.69, 9.17) is 4.74 Å². The second-order valence-corrected chi connectivity index (χ2v) is 10.3. The van der Waals surface area contributed by atoms with Crippen LogP contribution in [0.5, 0.6) is 5.75 Å². The Balaban J connectivity index is 0.000000193. The molecule has 0 saturated carbocycles. The Morgan fingerprint density at radius 1 is 0.690 bits per heavy atom. The lowest BCUT2D eigenvalue weighted by Crippen LogP contribution is -2.16. The lowest BCUT2D eigenvalue weighted by atomic mass is 9.84. The van der Waals surface area contributed by atoms with Gasteiger partial charge in [-0.25, -0.2) is 0 Å². The van der Waals surface area contributed by atoms with Crippen LogP contribution in [0.25, 0.3) is 12.2 Å². The predicted octanol–water partition coefficient (Wildman–Crippen LogP) is 8.74. The molecule has 1 unspecified atom stereocenters. The van der Waals surface area contributed by atoms with Gasteiger partial charge < -0.3 is 15.4 Å². The SMILES string of the molecule is CNCCC(Oc1ccc(C(F)(F)F)cc1)c1ccccc1.CNCCCC1c2ccccc2C=Cc2ccccc21. The fourth-order valence-corrected chi connectivity index (χ4v) is 5.22. The molecule has 6 heteroatoms. The minimum atomic E-state index is -4.33. The Hall–Kier alpha value is -3.87. The summed E-state index contributed by atoms with van der Waals surface area (Å²) in [6.07, 6.45) is 3.09. The standard InChI is InChI=1S/C19H21N.C17H18F3NO/c1-20-14-6-11-19-17-9-4-2-7-15(17)12-13-16-8-3-5-10-18(16)19;1-21-12-11-16(13-5-3-2-4-6-13)22-15-9-7-14(8-10-15)17(18,19)20/h2-5,7-10,12-13,19-20H,6,11,14H2,1H3;2-10,16,21H,11-12H2,1H3. The van der Waals surface area contributed by atoms with Crippen LogP contribution < -0.4 is 15.4 Å². The lowest BCUT2D eigenvalue weighted by molar-refractivity contribution is -0.137. The Labute approximate surface area is 247 Å². The second kappa shape index (κ2) is 15.4. The molecular weight excluding hydrogens is 533 g/mol. The lowest BCUT2D eigenvalue weighted by Gasteiger charge is -2.20. The van der Waals surface area contributed by atoms with Crippen LogP contribution in [-0.2, 0) is 6.18 Å². The molecule has 3 nitrogen and oxygen atoms in total. The van der Waals surface area contributed by atoms with Crippen molar-refractivity contribution in [2.24, 2.45) is 0 Å². The monoisotopic (exact) mass is 572 g/mol. The van der Waals surface area contributed by atoms with Crippen LogP contribution in [0, 0.1) is 0 Å². The highest BCUT2D eigenvalue weighted by atomic mass is 19.4. The number of rotatable bonds is 10. The van der Waals surface area contributed by atoms with Crippen molar-refractivity contribution in [2.75, 3.05) is 27.2 Å². The van der Waals surface area contributed by atoms with Crippen LogP contribution in [-0.4, -0.2) is 27.2 Å². The maximum absolute atomic E-state index is 12.6. The molecule has 1 aliphatic carbocycles. The molecule has 1 aliphatic rings. The van der Waals surface area contributed by atoms with E-state index >= 15 is 0 Å². The van der Waals surface area contributed by atoms with Gasteiger partial charge in [0.2, 0.25) is 0 Å². The number of benzene rings is 4. The molecule has 0 aromatic heterocycles. The molecule has 0 radical (unpaired) electrons. The molecule has 220 valence electrons. The maximum Gasteiger partial charge on any atom is 0.416 e. The molecule has 4 aromatic rings. The molecule has 42 heavy (non-hydrogen) atoms. The van der Waals surface area contributed by atoms with Gasteiger partial charge in [0.05, 0.1) is 5.56 Å². The van der Waals surface area contributed by atoms with E-state index in [1.54, 1.807) is 0 Å². The van der Waals surface area contributed by atoms with E-state index in [9.17, 15) is 13.2 Å². The van der Waals surface area contributed by atoms with Crippen LogP contribution in [0.3, 0.4) is 0 Å². The molecule has 2 N–H and O–H groups in total. The van der Waals surface area contributed by atoms with Gasteiger partial charge in [0.1, 0.15) is 11.9 Å². The molecule has 0 bridgehead atoms. The minimum absolute atomic E-state index is 0.203. The van der Waals surface area contributed by atoms with Crippen molar-refractivity contribution in [1.82, 2.24) is 10.6 Å². The fraction of sp³-hybridized carbons (Fsp3) is 0.278. The third-order valence-electron chi connectivity index (χ3n) is 7.39. The summed E-state index contributed by atoms with van der Waals surface area (Å²) in [6.45, 7) is 1.83. The maximum atomic E-state index is 12.6. The first-order valence-electron chi connectivity index (χ1n) is 14.4. The molecule has 0 saturated heterocycles. The highest BCUT2D eigenvalue weighted by Gasteiger charge is 2.30. The fourth-order valence-electron chi connectivity index (χ4n) is 5.22. The average Bonchev–Trinajstić information content (AvgIpc) is 3.17. The minimum Gasteiger partial charge on any atom is -0.486 e. The molecule has 4 aromatic carbocycles. The van der Waals surface area contributed by atoms with Gasteiger partial charge in [-0.15, -0.1) is 0 Å². The van der Waals surface area contributed by atoms with E-state index in [0.29, 0.717) is 11.7 Å². The summed E-state index contributed by atoms with van der Waals surface area (Å²) < 4.78 is 43.6. The van der Waals surface area contributed by atoms with E-state index in [1.165, 1.54) is 47.2 Å². The third-order valence-corrected chi connectivity index (χ3v) is 7.39. The predicted molar refractivity (Wildman–Crippen MR) is 167 cm³/mol. The summed E-state index contributed by atoms with van der Waals surface area (Å²) in [7, 11) is 3.87. The van der Waals surface area contributed by atoms with Crippen molar-refractivity contribution >= 4 is 12.2 Å². The van der Waals surface area contributed by atoms with Gasteiger partial charge in [0, 0.05) is 12.3 Å². The highest BCUT2D eigenvalue weighted by Crippen LogP contribution is 2.37. The van der Waals surface area contributed by atoms with Crippen LogP contribution in [0.1, 0.15) is 64.7 Å². The molecule has 0 amide bonds. The Morgan fingerprint density at radius 3 is 1.79 bits per heavy atom. The quantitative estimate of drug-likeness (QED) is 0.187. The summed E-state index contributed by atoms with van der Waals surface area (Å²) >= 11 is 0. The molecule has 0 spiro atoms. The topological polar surface area (TPSA) is 33.3 Å². The largest absolute Gasteiger partial charge is 0.486 e. The Morgan fingerprint density at radius 2 is 1.24 bits per heavy atom. The number of hydrogen-bond acceptors (Lipinski definition) is 3. The molecule has 0 heterocycles. The summed E-state index contributed by atoms with van der Waals surface area (Å²) in [4.78, 5) is 0. The number of alkyl halides is 3. The van der Waals surface area contributed by atoms with Crippen molar-refractivity contribution < 1.29 is 17.9 Å². The van der Waals surface area contributed by atoms with Gasteiger partial charge >= 0.3 is 6.18 Å². The van der Waals surface area contributed by atoms with Crippen molar-refractivity contribution in [2.45, 2.75) is 37.5 Å². The second-order valence-electron chi connectivity index (χ2n) is 10.3. The Kier molecular flexibility index (Phi) is 11.4. The van der Waals surface area contributed by atoms with Crippen LogP contribution in [0.2, 0.25) is 0 Å². The zero-order chi connectivity index (χ0) is 29.8. The summed E-state index contributed by atoms with van der Waals surface area (Å²) in [5.41, 5.74) is 5.97. The molecule has 0 aliphatic heterocycles. The van der Waals surface area contributed by atoms with Gasteiger partial charge in [-0.05, 0) is 92.1 Å². The van der Waals surface area contributed by atoms with E-state index in [1.807, 2.05) is 44.4 Å². The van der Waals surface area contributed by atoms with Crippen LogP contribution in [0.4, 0.5) is 13.2 Å². The summed E-state index contributed by atoms with van der Waals surface area (Å²) in [5, 5.41) is 6.31. The highest BCUT2D eigenvalue weighted by molar-refractivity contribution is 5.76. The van der Waals surface area contributed by atoms with E-state index in [0.717, 1.165) is 37.2 Å². The van der Waals surface area contributed by atoms with Crippen molar-refractivity contribution in [3.63, 3.8) is 0 Å². The first-order valence-corrected chi connectivity index (χ1v) is 14.4. The van der Waals surface area contributed by atoms with Crippen molar-refractivity contribution in [3.8, 4) is 5.75 Å². The first-order chi connectivity index (χ1) is 20.4. The molecular formula is C36H39F3N2O. The number of hydrogen-bond donors (Lipinski definition) is 2. The average molecular weight is 573 g/mol. The smallest absolute Gasteiger partial charge is 0.416 e. The zero-order valence-electron chi connectivity index (χ0n) is 24.2. The third kappa shape index (κ3) is 8.57. The van der Waals surface area contributed by atoms with E-state index in [2.05, 4.69) is 71.3 Å². The summed E-state index contributed by atoms with van der Waals surface area (Å²) in [5.74, 6) is 0.934. The van der Waals surface area contributed by atoms with Gasteiger partial charge in [-0.2, -0.15) is 13.2 Å². The number of fused-ring (bicyclic) bond motifs is 2. The normalized spacial score (nSPS) is 13.3. The van der Waals surface area contributed by atoms with E-state index in [-0.39, 0.29) is 6.10 Å². The van der Waals surface area contributed by atoms with Gasteiger partial charge in [-0.3, -0.25) is 0 Å². The first kappa shape index (κ1) is 31.1. The van der Waals surface area contributed by atoms with Gasteiger partial charge in [-0.1, -0.05) is 91.0 Å². The molecule has 0 fully saturated rings. The summed E-state index contributed by atoms with van der Waals surface area (Å²) in [6, 6.07) is 32.0. The van der Waals surface area contributed by atoms with E-state index < -0.39 is 11.7 Å². The van der Waals surface area contributed by atoms with Crippen molar-refractivity contribution in [1.29, 1.82) is 0 Å². The number of nitrogens with one attached hydrogen (secondary N) is 2. The van der Waals surface area contributed by atoms with Crippen molar-refractivity contribution in [3.05, 3.63) is 137 Å². The van der Waals surface area contributed by atoms with Gasteiger partial charge in [0.25, 0.3) is 0 Å². The van der Waals surface area contributed by atoms with Crippen LogP contribution in [0.15, 0.2) is 103 Å². The number of halogens is 3. The Bertz CT molecular complexity index is 1350. The zero-order valence-corrected chi connectivity index (χ0v) is 24.2. The molecule has 5 rings (SSSR count).